The number of hydrogen-bond acceptors (Lipinski definition) is 5. The molecule has 1 aliphatic rings. The third-order valence-corrected chi connectivity index (χ3v) is 4.51. The maximum Gasteiger partial charge on any atom is 0.271 e. The first-order chi connectivity index (χ1) is 13.3. The minimum absolute atomic E-state index is 0.000624. The fourth-order valence-corrected chi connectivity index (χ4v) is 2.98. The Kier molecular flexibility index (Phi) is 5.44. The third-order valence-electron chi connectivity index (χ3n) is 4.51. The number of amides is 2. The number of Topliss-reactive ketones (excluding diaryl/α,β-unsaturated/α-hetero) is 1. The fourth-order valence-electron chi connectivity index (χ4n) is 2.98. The highest BCUT2D eigenvalue weighted by Gasteiger charge is 2.38. The number of carbonyl (C=O) groups excluding carboxylic acids is 3. The first kappa shape index (κ1) is 19.5. The van der Waals surface area contributed by atoms with Gasteiger partial charge in [0.15, 0.2) is 23.5 Å². The molecule has 0 N–H and O–H groups in total. The van der Waals surface area contributed by atoms with E-state index in [0.717, 1.165) is 11.0 Å². The zero-order valence-corrected chi connectivity index (χ0v) is 15.8. The van der Waals surface area contributed by atoms with Crippen LogP contribution >= 0.6 is 0 Å². The van der Waals surface area contributed by atoms with Crippen molar-refractivity contribution >= 4 is 17.6 Å². The van der Waals surface area contributed by atoms with Gasteiger partial charge in [-0.25, -0.2) is 4.39 Å². The number of hydrogen-bond donors (Lipinski definition) is 0. The number of imide groups is 1. The lowest BCUT2D eigenvalue weighted by Crippen LogP contribution is -2.47. The van der Waals surface area contributed by atoms with Gasteiger partial charge in [0.1, 0.15) is 5.75 Å². The van der Waals surface area contributed by atoms with Crippen LogP contribution in [0.25, 0.3) is 0 Å². The minimum Gasteiger partial charge on any atom is -0.494 e. The molecule has 0 radical (unpaired) electrons. The van der Waals surface area contributed by atoms with Crippen LogP contribution in [0.5, 0.6) is 11.5 Å². The van der Waals surface area contributed by atoms with Gasteiger partial charge in [0, 0.05) is 5.56 Å². The number of fused-ring (bicyclic) bond motifs is 1. The van der Waals surface area contributed by atoms with Gasteiger partial charge >= 0.3 is 0 Å². The standard InChI is InChI=1S/C21H20FNO5/c1-12(2)19-21(26)23(20(25)14-6-4-5-7-17(14)28-19)11-16(24)13-8-9-18(27-3)15(22)10-13/h4-10,12,19H,11H2,1-3H3/t19-/m1/s1. The van der Waals surface area contributed by atoms with Crippen molar-refractivity contribution in [3.05, 3.63) is 59.4 Å². The molecule has 1 heterocycles. The Labute approximate surface area is 161 Å². The predicted molar refractivity (Wildman–Crippen MR) is 99.0 cm³/mol. The highest BCUT2D eigenvalue weighted by atomic mass is 19.1. The largest absolute Gasteiger partial charge is 0.494 e. The number of nitrogens with zero attached hydrogens (tertiary/aromatic N) is 1. The summed E-state index contributed by atoms with van der Waals surface area (Å²) in [6, 6.07) is 10.2. The number of ether oxygens (including phenoxy) is 2. The number of benzene rings is 2. The summed E-state index contributed by atoms with van der Waals surface area (Å²) < 4.78 is 24.5. The number of methoxy groups -OCH3 is 1. The summed E-state index contributed by atoms with van der Waals surface area (Å²) in [4.78, 5) is 39.4. The van der Waals surface area contributed by atoms with Crippen molar-refractivity contribution in [3.63, 3.8) is 0 Å². The van der Waals surface area contributed by atoms with E-state index in [0.29, 0.717) is 5.75 Å². The van der Waals surface area contributed by atoms with E-state index in [1.165, 1.54) is 25.3 Å². The maximum atomic E-state index is 13.9. The van der Waals surface area contributed by atoms with E-state index in [1.807, 2.05) is 0 Å². The molecule has 7 heteroatoms. The van der Waals surface area contributed by atoms with Gasteiger partial charge in [-0.05, 0) is 36.2 Å². The van der Waals surface area contributed by atoms with E-state index >= 15 is 0 Å². The van der Waals surface area contributed by atoms with Crippen LogP contribution in [0.1, 0.15) is 34.6 Å². The van der Waals surface area contributed by atoms with E-state index < -0.39 is 36.1 Å². The first-order valence-electron chi connectivity index (χ1n) is 8.81. The number of para-hydroxylation sites is 1. The second-order valence-electron chi connectivity index (χ2n) is 6.78. The van der Waals surface area contributed by atoms with Crippen molar-refractivity contribution in [2.24, 2.45) is 5.92 Å². The Bertz CT molecular complexity index is 940. The van der Waals surface area contributed by atoms with E-state index in [1.54, 1.807) is 32.0 Å². The summed E-state index contributed by atoms with van der Waals surface area (Å²) in [6.45, 7) is 3.07. The molecule has 1 atom stereocenters. The molecule has 0 fully saturated rings. The maximum absolute atomic E-state index is 13.9. The van der Waals surface area contributed by atoms with E-state index in [-0.39, 0.29) is 22.8 Å². The van der Waals surface area contributed by atoms with Crippen LogP contribution in [0.15, 0.2) is 42.5 Å². The van der Waals surface area contributed by atoms with Crippen molar-refractivity contribution in [1.29, 1.82) is 0 Å². The molecule has 0 saturated carbocycles. The van der Waals surface area contributed by atoms with Gasteiger partial charge < -0.3 is 9.47 Å². The summed E-state index contributed by atoms with van der Waals surface area (Å²) in [5.74, 6) is -2.40. The molecule has 28 heavy (non-hydrogen) atoms. The lowest BCUT2D eigenvalue weighted by atomic mass is 10.0. The molecule has 0 unspecified atom stereocenters. The van der Waals surface area contributed by atoms with Crippen molar-refractivity contribution in [3.8, 4) is 11.5 Å². The highest BCUT2D eigenvalue weighted by Crippen LogP contribution is 2.28. The van der Waals surface area contributed by atoms with Gasteiger partial charge in [-0.15, -0.1) is 0 Å². The molecule has 3 rings (SSSR count). The Balaban J connectivity index is 1.94. The second-order valence-corrected chi connectivity index (χ2v) is 6.78. The van der Waals surface area contributed by atoms with Crippen molar-refractivity contribution in [1.82, 2.24) is 4.90 Å². The van der Waals surface area contributed by atoms with Gasteiger partial charge in [-0.1, -0.05) is 26.0 Å². The topological polar surface area (TPSA) is 72.9 Å². The zero-order valence-electron chi connectivity index (χ0n) is 15.8. The van der Waals surface area contributed by atoms with Gasteiger partial charge in [0.05, 0.1) is 19.2 Å². The molecule has 0 aliphatic carbocycles. The molecule has 6 nitrogen and oxygen atoms in total. The van der Waals surface area contributed by atoms with Crippen LogP contribution in [-0.4, -0.2) is 42.3 Å². The molecule has 0 saturated heterocycles. The Morgan fingerprint density at radius 3 is 2.57 bits per heavy atom. The molecule has 146 valence electrons. The van der Waals surface area contributed by atoms with Crippen LogP contribution in [0.3, 0.4) is 0 Å². The molecule has 0 bridgehead atoms. The lowest BCUT2D eigenvalue weighted by Gasteiger charge is -2.24. The van der Waals surface area contributed by atoms with Crippen LogP contribution in [0.2, 0.25) is 0 Å². The lowest BCUT2D eigenvalue weighted by molar-refractivity contribution is -0.136. The van der Waals surface area contributed by atoms with Crippen LogP contribution in [0, 0.1) is 11.7 Å². The smallest absolute Gasteiger partial charge is 0.271 e. The minimum atomic E-state index is -0.909. The zero-order chi connectivity index (χ0) is 20.4. The number of carbonyl (C=O) groups is 3. The van der Waals surface area contributed by atoms with Crippen LogP contribution < -0.4 is 9.47 Å². The predicted octanol–water partition coefficient (Wildman–Crippen LogP) is 3.10. The number of ketones is 1. The summed E-state index contributed by atoms with van der Waals surface area (Å²) in [5, 5.41) is 0. The van der Waals surface area contributed by atoms with Crippen molar-refractivity contribution in [2.75, 3.05) is 13.7 Å². The van der Waals surface area contributed by atoms with Gasteiger partial charge in [-0.2, -0.15) is 0 Å². The second kappa shape index (κ2) is 7.80. The van der Waals surface area contributed by atoms with Crippen LogP contribution in [0.4, 0.5) is 4.39 Å². The first-order valence-corrected chi connectivity index (χ1v) is 8.81. The van der Waals surface area contributed by atoms with Crippen LogP contribution in [-0.2, 0) is 4.79 Å². The molecule has 0 aromatic heterocycles. The summed E-state index contributed by atoms with van der Waals surface area (Å²) in [5.41, 5.74) is 0.242. The summed E-state index contributed by atoms with van der Waals surface area (Å²) >= 11 is 0. The normalized spacial score (nSPS) is 16.5. The van der Waals surface area contributed by atoms with Crippen molar-refractivity contribution in [2.45, 2.75) is 20.0 Å². The molecule has 2 aromatic rings. The van der Waals surface area contributed by atoms with Gasteiger partial charge in [0.2, 0.25) is 0 Å². The molecule has 0 spiro atoms. The summed E-state index contributed by atoms with van der Waals surface area (Å²) in [6.07, 6.45) is -0.909. The fraction of sp³-hybridized carbons (Fsp3) is 0.286. The Morgan fingerprint density at radius 1 is 1.21 bits per heavy atom. The molecular weight excluding hydrogens is 365 g/mol. The SMILES string of the molecule is COc1ccc(C(=O)CN2C(=O)c3ccccc3O[C@H](C(C)C)C2=O)cc1F. The van der Waals surface area contributed by atoms with E-state index in [2.05, 4.69) is 0 Å². The molecular formula is C21H20FNO5. The summed E-state index contributed by atoms with van der Waals surface area (Å²) in [7, 11) is 1.32. The van der Waals surface area contributed by atoms with Crippen molar-refractivity contribution < 1.29 is 28.2 Å². The number of rotatable bonds is 5. The Morgan fingerprint density at radius 2 is 1.93 bits per heavy atom. The monoisotopic (exact) mass is 385 g/mol. The highest BCUT2D eigenvalue weighted by molar-refractivity contribution is 6.12. The quantitative estimate of drug-likeness (QED) is 0.584. The van der Waals surface area contributed by atoms with E-state index in [9.17, 15) is 18.8 Å². The average molecular weight is 385 g/mol. The van der Waals surface area contributed by atoms with Gasteiger partial charge in [-0.3, -0.25) is 19.3 Å². The third kappa shape index (κ3) is 3.60. The van der Waals surface area contributed by atoms with E-state index in [4.69, 9.17) is 9.47 Å². The molecule has 2 amide bonds. The number of halogens is 1. The average Bonchev–Trinajstić information content (AvgIpc) is 2.78. The molecule has 1 aliphatic heterocycles. The Hall–Kier alpha value is -3.22. The molecule has 2 aromatic carbocycles. The van der Waals surface area contributed by atoms with Gasteiger partial charge in [0.25, 0.3) is 11.8 Å².